The van der Waals surface area contributed by atoms with Crippen molar-refractivity contribution in [2.75, 3.05) is 0 Å². The standard InChI is InChI=1S/C18H15BrN2O4/c1-11(23-15-4-3-5-16(10-15)24-12(2)22)18-20-17(21-25-18)13-6-8-14(19)9-7-13/h3-11H,1-2H3/t11-/m1/s1. The molecule has 0 saturated heterocycles. The molecule has 0 radical (unpaired) electrons. The lowest BCUT2D eigenvalue weighted by Gasteiger charge is -2.11. The van der Waals surface area contributed by atoms with E-state index in [2.05, 4.69) is 26.1 Å². The molecule has 7 heteroatoms. The van der Waals surface area contributed by atoms with Crippen LogP contribution in [0.4, 0.5) is 0 Å². The molecule has 3 aromatic rings. The van der Waals surface area contributed by atoms with E-state index in [-0.39, 0.29) is 5.97 Å². The number of esters is 1. The number of nitrogens with zero attached hydrogens (tertiary/aromatic N) is 2. The summed E-state index contributed by atoms with van der Waals surface area (Å²) in [5.74, 6) is 1.41. The van der Waals surface area contributed by atoms with E-state index in [0.717, 1.165) is 10.0 Å². The fraction of sp³-hybridized carbons (Fsp3) is 0.167. The molecule has 1 heterocycles. The number of hydrogen-bond acceptors (Lipinski definition) is 6. The van der Waals surface area contributed by atoms with Crippen LogP contribution in [0.5, 0.6) is 11.5 Å². The summed E-state index contributed by atoms with van der Waals surface area (Å²) in [5, 5.41) is 3.98. The number of rotatable bonds is 5. The number of carbonyl (C=O) groups is 1. The molecule has 0 spiro atoms. The van der Waals surface area contributed by atoms with Crippen molar-refractivity contribution in [2.24, 2.45) is 0 Å². The van der Waals surface area contributed by atoms with Gasteiger partial charge in [-0.15, -0.1) is 0 Å². The van der Waals surface area contributed by atoms with E-state index >= 15 is 0 Å². The summed E-state index contributed by atoms with van der Waals surface area (Å²) in [6.45, 7) is 3.15. The van der Waals surface area contributed by atoms with Crippen molar-refractivity contribution >= 4 is 21.9 Å². The number of carbonyl (C=O) groups excluding carboxylic acids is 1. The summed E-state index contributed by atoms with van der Waals surface area (Å²) >= 11 is 3.39. The van der Waals surface area contributed by atoms with Crippen LogP contribution in [-0.4, -0.2) is 16.1 Å². The molecule has 128 valence electrons. The minimum Gasteiger partial charge on any atom is -0.481 e. The molecule has 0 saturated carbocycles. The SMILES string of the molecule is CC(=O)Oc1cccc(O[C@H](C)c2nc(-c3ccc(Br)cc3)no2)c1. The van der Waals surface area contributed by atoms with E-state index in [1.807, 2.05) is 24.3 Å². The summed E-state index contributed by atoms with van der Waals surface area (Å²) < 4.78 is 17.1. The quantitative estimate of drug-likeness (QED) is 0.459. The maximum Gasteiger partial charge on any atom is 0.308 e. The summed E-state index contributed by atoms with van der Waals surface area (Å²) in [6, 6.07) is 14.4. The van der Waals surface area contributed by atoms with Crippen LogP contribution in [0.1, 0.15) is 25.8 Å². The number of aromatic nitrogens is 2. The van der Waals surface area contributed by atoms with Crippen molar-refractivity contribution in [3.05, 3.63) is 58.9 Å². The Hall–Kier alpha value is -2.67. The van der Waals surface area contributed by atoms with Gasteiger partial charge in [0.1, 0.15) is 11.5 Å². The van der Waals surface area contributed by atoms with Crippen molar-refractivity contribution in [2.45, 2.75) is 20.0 Å². The highest BCUT2D eigenvalue weighted by atomic mass is 79.9. The van der Waals surface area contributed by atoms with Crippen LogP contribution in [-0.2, 0) is 4.79 Å². The molecule has 1 atom stereocenters. The van der Waals surface area contributed by atoms with Gasteiger partial charge in [0.2, 0.25) is 5.82 Å². The molecule has 3 rings (SSSR count). The third-order valence-electron chi connectivity index (χ3n) is 3.27. The first-order valence-corrected chi connectivity index (χ1v) is 8.35. The molecule has 2 aromatic carbocycles. The van der Waals surface area contributed by atoms with E-state index in [1.54, 1.807) is 31.2 Å². The Balaban J connectivity index is 1.72. The van der Waals surface area contributed by atoms with Crippen LogP contribution in [0.2, 0.25) is 0 Å². The fourth-order valence-corrected chi connectivity index (χ4v) is 2.41. The minimum atomic E-state index is -0.454. The van der Waals surface area contributed by atoms with Crippen molar-refractivity contribution in [3.8, 4) is 22.9 Å². The smallest absolute Gasteiger partial charge is 0.308 e. The van der Waals surface area contributed by atoms with Crippen LogP contribution in [0.25, 0.3) is 11.4 Å². The van der Waals surface area contributed by atoms with E-state index in [1.165, 1.54) is 6.92 Å². The van der Waals surface area contributed by atoms with Crippen molar-refractivity contribution in [1.82, 2.24) is 10.1 Å². The molecule has 0 unspecified atom stereocenters. The second-order valence-corrected chi connectivity index (χ2v) is 6.21. The van der Waals surface area contributed by atoms with Crippen molar-refractivity contribution in [3.63, 3.8) is 0 Å². The number of ether oxygens (including phenoxy) is 2. The second kappa shape index (κ2) is 7.48. The Bertz CT molecular complexity index is 877. The van der Waals surface area contributed by atoms with Gasteiger partial charge in [-0.05, 0) is 43.3 Å². The molecule has 1 aromatic heterocycles. The van der Waals surface area contributed by atoms with Crippen LogP contribution in [0.3, 0.4) is 0 Å². The largest absolute Gasteiger partial charge is 0.481 e. The molecular weight excluding hydrogens is 388 g/mol. The Kier molecular flexibility index (Phi) is 5.14. The topological polar surface area (TPSA) is 74.5 Å². The van der Waals surface area contributed by atoms with E-state index in [4.69, 9.17) is 14.0 Å². The lowest BCUT2D eigenvalue weighted by Crippen LogP contribution is -2.05. The Morgan fingerprint density at radius 1 is 1.16 bits per heavy atom. The number of halogens is 1. The van der Waals surface area contributed by atoms with Gasteiger partial charge in [0.05, 0.1) is 0 Å². The van der Waals surface area contributed by atoms with Gasteiger partial charge in [0, 0.05) is 23.0 Å². The highest BCUT2D eigenvalue weighted by Gasteiger charge is 2.17. The van der Waals surface area contributed by atoms with Crippen LogP contribution < -0.4 is 9.47 Å². The monoisotopic (exact) mass is 402 g/mol. The summed E-state index contributed by atoms with van der Waals surface area (Å²) in [4.78, 5) is 15.4. The van der Waals surface area contributed by atoms with Gasteiger partial charge in [-0.3, -0.25) is 4.79 Å². The first-order chi connectivity index (χ1) is 12.0. The number of hydrogen-bond donors (Lipinski definition) is 0. The average molecular weight is 403 g/mol. The molecule has 25 heavy (non-hydrogen) atoms. The highest BCUT2D eigenvalue weighted by Crippen LogP contribution is 2.26. The van der Waals surface area contributed by atoms with Crippen LogP contribution in [0.15, 0.2) is 57.5 Å². The molecule has 0 aliphatic rings. The van der Waals surface area contributed by atoms with Crippen molar-refractivity contribution < 1.29 is 18.8 Å². The molecule has 0 aliphatic heterocycles. The molecule has 0 amide bonds. The average Bonchev–Trinajstić information content (AvgIpc) is 3.05. The third kappa shape index (κ3) is 4.45. The summed E-state index contributed by atoms with van der Waals surface area (Å²) in [6.07, 6.45) is -0.454. The first-order valence-electron chi connectivity index (χ1n) is 7.56. The van der Waals surface area contributed by atoms with Crippen molar-refractivity contribution in [1.29, 1.82) is 0 Å². The summed E-state index contributed by atoms with van der Waals surface area (Å²) in [5.41, 5.74) is 0.849. The molecule has 0 N–H and O–H groups in total. The maximum atomic E-state index is 11.0. The minimum absolute atomic E-state index is 0.357. The van der Waals surface area contributed by atoms with E-state index < -0.39 is 6.10 Å². The fourth-order valence-electron chi connectivity index (χ4n) is 2.15. The lowest BCUT2D eigenvalue weighted by atomic mass is 10.2. The van der Waals surface area contributed by atoms with Gasteiger partial charge < -0.3 is 14.0 Å². The highest BCUT2D eigenvalue weighted by molar-refractivity contribution is 9.10. The van der Waals surface area contributed by atoms with E-state index in [0.29, 0.717) is 23.2 Å². The maximum absolute atomic E-state index is 11.0. The first kappa shape index (κ1) is 17.2. The van der Waals surface area contributed by atoms with Crippen LogP contribution >= 0.6 is 15.9 Å². The number of benzene rings is 2. The van der Waals surface area contributed by atoms with Gasteiger partial charge in [-0.1, -0.05) is 27.2 Å². The van der Waals surface area contributed by atoms with Crippen LogP contribution in [0, 0.1) is 0 Å². The zero-order chi connectivity index (χ0) is 17.8. The lowest BCUT2D eigenvalue weighted by molar-refractivity contribution is -0.131. The molecule has 6 nitrogen and oxygen atoms in total. The Morgan fingerprint density at radius 3 is 2.60 bits per heavy atom. The second-order valence-electron chi connectivity index (χ2n) is 5.29. The molecule has 0 bridgehead atoms. The van der Waals surface area contributed by atoms with E-state index in [9.17, 15) is 4.79 Å². The van der Waals surface area contributed by atoms with Gasteiger partial charge in [-0.25, -0.2) is 0 Å². The molecule has 0 aliphatic carbocycles. The Labute approximate surface area is 152 Å². The normalized spacial score (nSPS) is 11.8. The molecular formula is C18H15BrN2O4. The zero-order valence-corrected chi connectivity index (χ0v) is 15.2. The third-order valence-corrected chi connectivity index (χ3v) is 3.80. The predicted molar refractivity (Wildman–Crippen MR) is 94.2 cm³/mol. The van der Waals surface area contributed by atoms with Gasteiger partial charge >= 0.3 is 5.97 Å². The predicted octanol–water partition coefficient (Wildman–Crippen LogP) is 4.56. The summed E-state index contributed by atoms with van der Waals surface area (Å²) in [7, 11) is 0. The zero-order valence-electron chi connectivity index (χ0n) is 13.6. The molecule has 0 fully saturated rings. The van der Waals surface area contributed by atoms with Gasteiger partial charge in [-0.2, -0.15) is 4.98 Å². The van der Waals surface area contributed by atoms with Gasteiger partial charge in [0.25, 0.3) is 5.89 Å². The van der Waals surface area contributed by atoms with Gasteiger partial charge in [0.15, 0.2) is 6.10 Å². The Morgan fingerprint density at radius 2 is 1.88 bits per heavy atom.